The largest absolute Gasteiger partial charge is 0.369 e. The van der Waals surface area contributed by atoms with Crippen molar-refractivity contribution in [3.63, 3.8) is 0 Å². The number of rotatable bonds is 1. The van der Waals surface area contributed by atoms with E-state index in [4.69, 9.17) is 5.73 Å². The van der Waals surface area contributed by atoms with Crippen LogP contribution in [0, 0.1) is 0 Å². The first kappa shape index (κ1) is 13.6. The Labute approximate surface area is 134 Å². The van der Waals surface area contributed by atoms with Crippen molar-refractivity contribution < 1.29 is 0 Å². The van der Waals surface area contributed by atoms with Crippen LogP contribution in [0.3, 0.4) is 0 Å². The van der Waals surface area contributed by atoms with Crippen molar-refractivity contribution in [3.05, 3.63) is 57.0 Å². The van der Waals surface area contributed by atoms with Gasteiger partial charge in [-0.15, -0.1) is 0 Å². The van der Waals surface area contributed by atoms with Gasteiger partial charge < -0.3 is 10.6 Å². The molecule has 0 aliphatic carbocycles. The molecule has 0 bridgehead atoms. The molecule has 3 nitrogen and oxygen atoms in total. The summed E-state index contributed by atoms with van der Waals surface area (Å²) < 4.78 is 1.91. The highest BCUT2D eigenvalue weighted by molar-refractivity contribution is 9.11. The van der Waals surface area contributed by atoms with Crippen molar-refractivity contribution in [1.82, 2.24) is 0 Å². The fourth-order valence-electron chi connectivity index (χ4n) is 2.33. The predicted octanol–water partition coefficient (Wildman–Crippen LogP) is 4.22. The van der Waals surface area contributed by atoms with Gasteiger partial charge in [-0.05, 0) is 52.2 Å². The van der Waals surface area contributed by atoms with E-state index >= 15 is 0 Å². The van der Waals surface area contributed by atoms with Gasteiger partial charge in [0.15, 0.2) is 0 Å². The van der Waals surface area contributed by atoms with Crippen LogP contribution in [0.2, 0.25) is 0 Å². The second-order valence-corrected chi connectivity index (χ2v) is 6.37. The Morgan fingerprint density at radius 3 is 2.80 bits per heavy atom. The normalized spacial score (nSPS) is 14.5. The molecule has 0 atom stereocenters. The summed E-state index contributed by atoms with van der Waals surface area (Å²) in [5, 5.41) is 0. The standard InChI is InChI=1S/C15H13Br2N3/c16-11-5-6-12(17)13(9-11)19-15(18)20-8-7-10-3-1-2-4-14(10)20/h1-6,9H,7-8H2,(H2,18,19). The van der Waals surface area contributed by atoms with E-state index in [0.29, 0.717) is 5.96 Å². The maximum Gasteiger partial charge on any atom is 0.201 e. The summed E-state index contributed by atoms with van der Waals surface area (Å²) in [5.74, 6) is 0.522. The van der Waals surface area contributed by atoms with E-state index in [1.54, 1.807) is 0 Å². The number of fused-ring (bicyclic) bond motifs is 1. The van der Waals surface area contributed by atoms with Crippen molar-refractivity contribution in [1.29, 1.82) is 0 Å². The lowest BCUT2D eigenvalue weighted by atomic mass is 10.2. The molecule has 2 aromatic carbocycles. The zero-order chi connectivity index (χ0) is 14.1. The topological polar surface area (TPSA) is 41.6 Å². The highest BCUT2D eigenvalue weighted by Crippen LogP contribution is 2.31. The van der Waals surface area contributed by atoms with Crippen molar-refractivity contribution in [2.75, 3.05) is 11.4 Å². The number of halogens is 2. The quantitative estimate of drug-likeness (QED) is 0.581. The van der Waals surface area contributed by atoms with Gasteiger partial charge in [0.1, 0.15) is 0 Å². The molecule has 20 heavy (non-hydrogen) atoms. The molecule has 0 unspecified atom stereocenters. The van der Waals surface area contributed by atoms with Gasteiger partial charge in [0.05, 0.1) is 5.69 Å². The maximum absolute atomic E-state index is 6.18. The number of para-hydroxylation sites is 1. The van der Waals surface area contributed by atoms with Gasteiger partial charge in [-0.1, -0.05) is 34.1 Å². The first-order valence-electron chi connectivity index (χ1n) is 6.30. The number of nitrogens with zero attached hydrogens (tertiary/aromatic N) is 2. The van der Waals surface area contributed by atoms with Gasteiger partial charge in [0.2, 0.25) is 5.96 Å². The number of hydrogen-bond donors (Lipinski definition) is 1. The Morgan fingerprint density at radius 1 is 1.15 bits per heavy atom. The van der Waals surface area contributed by atoms with E-state index in [-0.39, 0.29) is 0 Å². The molecule has 1 heterocycles. The van der Waals surface area contributed by atoms with E-state index in [2.05, 4.69) is 60.0 Å². The average Bonchev–Trinajstić information content (AvgIpc) is 2.87. The third-order valence-electron chi connectivity index (χ3n) is 3.31. The fourth-order valence-corrected chi connectivity index (χ4v) is 3.02. The van der Waals surface area contributed by atoms with Crippen molar-refractivity contribution in [2.45, 2.75) is 6.42 Å². The minimum atomic E-state index is 0.522. The molecule has 1 aliphatic heterocycles. The third kappa shape index (κ3) is 2.60. The molecule has 0 fully saturated rings. The number of anilines is 1. The molecule has 0 saturated heterocycles. The van der Waals surface area contributed by atoms with Crippen molar-refractivity contribution >= 4 is 49.2 Å². The summed E-state index contributed by atoms with van der Waals surface area (Å²) in [5.41, 5.74) is 9.48. The molecule has 0 amide bonds. The highest BCUT2D eigenvalue weighted by atomic mass is 79.9. The molecule has 5 heteroatoms. The van der Waals surface area contributed by atoms with Gasteiger partial charge in [0, 0.05) is 21.2 Å². The fraction of sp³-hybridized carbons (Fsp3) is 0.133. The van der Waals surface area contributed by atoms with Gasteiger partial charge in [-0.2, -0.15) is 0 Å². The molecular formula is C15H13Br2N3. The summed E-state index contributed by atoms with van der Waals surface area (Å²) in [6, 6.07) is 14.2. The highest BCUT2D eigenvalue weighted by Gasteiger charge is 2.21. The lowest BCUT2D eigenvalue weighted by Gasteiger charge is -2.18. The smallest absolute Gasteiger partial charge is 0.201 e. The summed E-state index contributed by atoms with van der Waals surface area (Å²) >= 11 is 6.95. The minimum Gasteiger partial charge on any atom is -0.369 e. The van der Waals surface area contributed by atoms with Crippen LogP contribution >= 0.6 is 31.9 Å². The first-order chi connectivity index (χ1) is 9.65. The molecule has 0 aromatic heterocycles. The summed E-state index contributed by atoms with van der Waals surface area (Å²) in [6.45, 7) is 0.875. The van der Waals surface area contributed by atoms with Gasteiger partial charge >= 0.3 is 0 Å². The molecule has 3 rings (SSSR count). The SMILES string of the molecule is NC(=Nc1cc(Br)ccc1Br)N1CCc2ccccc21. The number of aliphatic imine (C=N–C) groups is 1. The van der Waals surface area contributed by atoms with E-state index in [9.17, 15) is 0 Å². The van der Waals surface area contributed by atoms with Crippen LogP contribution in [0.25, 0.3) is 0 Å². The van der Waals surface area contributed by atoms with Crippen molar-refractivity contribution in [3.8, 4) is 0 Å². The maximum atomic E-state index is 6.18. The zero-order valence-corrected chi connectivity index (χ0v) is 13.9. The second kappa shape index (κ2) is 5.58. The Kier molecular flexibility index (Phi) is 3.81. The van der Waals surface area contributed by atoms with Gasteiger partial charge in [-0.25, -0.2) is 4.99 Å². The molecule has 0 spiro atoms. The molecule has 0 radical (unpaired) electrons. The van der Waals surface area contributed by atoms with E-state index in [1.807, 2.05) is 24.3 Å². The van der Waals surface area contributed by atoms with Crippen LogP contribution in [-0.2, 0) is 6.42 Å². The average molecular weight is 395 g/mol. The Bertz CT molecular complexity index is 683. The van der Waals surface area contributed by atoms with Crippen LogP contribution in [0.1, 0.15) is 5.56 Å². The summed E-state index contributed by atoms with van der Waals surface area (Å²) in [7, 11) is 0. The lowest BCUT2D eigenvalue weighted by molar-refractivity contribution is 1.01. The van der Waals surface area contributed by atoms with Crippen LogP contribution in [0.15, 0.2) is 56.4 Å². The van der Waals surface area contributed by atoms with Crippen LogP contribution < -0.4 is 10.6 Å². The van der Waals surface area contributed by atoms with E-state index < -0.39 is 0 Å². The molecule has 2 N–H and O–H groups in total. The van der Waals surface area contributed by atoms with Crippen molar-refractivity contribution in [2.24, 2.45) is 10.7 Å². The summed E-state index contributed by atoms with van der Waals surface area (Å²) in [6.07, 6.45) is 1.01. The number of hydrogen-bond acceptors (Lipinski definition) is 1. The number of nitrogens with two attached hydrogens (primary N) is 1. The molecular weight excluding hydrogens is 382 g/mol. The number of benzene rings is 2. The van der Waals surface area contributed by atoms with Crippen LogP contribution in [0.5, 0.6) is 0 Å². The van der Waals surface area contributed by atoms with E-state index in [0.717, 1.165) is 33.3 Å². The first-order valence-corrected chi connectivity index (χ1v) is 7.88. The van der Waals surface area contributed by atoms with Gasteiger partial charge in [0.25, 0.3) is 0 Å². The second-order valence-electron chi connectivity index (χ2n) is 4.60. The Balaban J connectivity index is 1.95. The van der Waals surface area contributed by atoms with E-state index in [1.165, 1.54) is 5.56 Å². The monoisotopic (exact) mass is 393 g/mol. The third-order valence-corrected chi connectivity index (χ3v) is 4.47. The number of guanidine groups is 1. The zero-order valence-electron chi connectivity index (χ0n) is 10.7. The molecule has 0 saturated carbocycles. The van der Waals surface area contributed by atoms with Gasteiger partial charge in [-0.3, -0.25) is 0 Å². The van der Waals surface area contributed by atoms with Crippen LogP contribution in [-0.4, -0.2) is 12.5 Å². The molecule has 1 aliphatic rings. The predicted molar refractivity (Wildman–Crippen MR) is 90.6 cm³/mol. The van der Waals surface area contributed by atoms with Crippen LogP contribution in [0.4, 0.5) is 11.4 Å². The Hall–Kier alpha value is -1.33. The molecule has 102 valence electrons. The molecule has 2 aromatic rings. The Morgan fingerprint density at radius 2 is 1.95 bits per heavy atom. The summed E-state index contributed by atoms with van der Waals surface area (Å²) in [4.78, 5) is 6.60. The minimum absolute atomic E-state index is 0.522. The lowest BCUT2D eigenvalue weighted by Crippen LogP contribution is -2.35.